The molecule has 0 saturated heterocycles. The van der Waals surface area contributed by atoms with Crippen molar-refractivity contribution in [2.24, 2.45) is 5.73 Å². The average molecular weight is 282 g/mol. The van der Waals surface area contributed by atoms with Crippen LogP contribution in [0.5, 0.6) is 0 Å². The molecule has 1 unspecified atom stereocenters. The first-order chi connectivity index (χ1) is 8.93. The van der Waals surface area contributed by atoms with Crippen LogP contribution in [0.3, 0.4) is 0 Å². The number of primary amides is 1. The summed E-state index contributed by atoms with van der Waals surface area (Å²) in [7, 11) is 1.91. The first-order valence-electron chi connectivity index (χ1n) is 5.99. The number of benzene rings is 1. The second-order valence-electron chi connectivity index (χ2n) is 4.45. The van der Waals surface area contributed by atoms with Crippen LogP contribution < -0.4 is 16.0 Å². The maximum atomic E-state index is 11.6. The molecule has 6 heteroatoms. The highest BCUT2D eigenvalue weighted by molar-refractivity contribution is 7.98. The maximum absolute atomic E-state index is 11.6. The quantitative estimate of drug-likeness (QED) is 0.666. The van der Waals surface area contributed by atoms with E-state index in [1.165, 1.54) is 4.90 Å². The normalized spacial score (nSPS) is 13.6. The lowest BCUT2D eigenvalue weighted by molar-refractivity contribution is -0.908. The van der Waals surface area contributed by atoms with E-state index in [1.54, 1.807) is 18.7 Å². The van der Waals surface area contributed by atoms with Crippen molar-refractivity contribution in [2.45, 2.75) is 24.4 Å². The van der Waals surface area contributed by atoms with Crippen LogP contribution in [-0.4, -0.2) is 31.3 Å². The summed E-state index contributed by atoms with van der Waals surface area (Å²) in [4.78, 5) is 24.5. The van der Waals surface area contributed by atoms with Gasteiger partial charge in [0.1, 0.15) is 6.54 Å². The van der Waals surface area contributed by atoms with Gasteiger partial charge in [-0.3, -0.25) is 10.1 Å². The number of urea groups is 1. The number of carbonyl (C=O) groups is 2. The van der Waals surface area contributed by atoms with Gasteiger partial charge in [-0.15, -0.1) is 11.8 Å². The highest BCUT2D eigenvalue weighted by Gasteiger charge is 2.22. The molecule has 0 aliphatic rings. The van der Waals surface area contributed by atoms with Crippen molar-refractivity contribution < 1.29 is 14.5 Å². The van der Waals surface area contributed by atoms with Gasteiger partial charge in [0, 0.05) is 10.5 Å². The Balaban J connectivity index is 2.59. The Morgan fingerprint density at radius 2 is 1.95 bits per heavy atom. The van der Waals surface area contributed by atoms with Crippen molar-refractivity contribution in [1.82, 2.24) is 5.32 Å². The monoisotopic (exact) mass is 282 g/mol. The summed E-state index contributed by atoms with van der Waals surface area (Å²) in [5.41, 5.74) is 6.08. The highest BCUT2D eigenvalue weighted by atomic mass is 32.2. The number of carbonyl (C=O) groups excluding carboxylic acids is 2. The SMILES string of the molecule is CSc1ccc(C[NH+](C)[C@H](C)C(=O)NC(N)=O)cc1. The summed E-state index contributed by atoms with van der Waals surface area (Å²) < 4.78 is 0. The zero-order chi connectivity index (χ0) is 14.4. The molecule has 1 aromatic rings. The van der Waals surface area contributed by atoms with E-state index in [9.17, 15) is 9.59 Å². The van der Waals surface area contributed by atoms with Crippen LogP contribution in [0.2, 0.25) is 0 Å². The van der Waals surface area contributed by atoms with Gasteiger partial charge in [0.25, 0.3) is 5.91 Å². The molecule has 0 aliphatic heterocycles. The third kappa shape index (κ3) is 4.92. The van der Waals surface area contributed by atoms with Gasteiger partial charge in [-0.1, -0.05) is 12.1 Å². The lowest BCUT2D eigenvalue weighted by Crippen LogP contribution is -3.12. The lowest BCUT2D eigenvalue weighted by Gasteiger charge is -2.20. The molecule has 0 bridgehead atoms. The van der Waals surface area contributed by atoms with Gasteiger partial charge >= 0.3 is 6.03 Å². The Bertz CT molecular complexity index is 448. The number of nitrogens with two attached hydrogens (primary N) is 1. The third-order valence-electron chi connectivity index (χ3n) is 3.02. The molecule has 0 heterocycles. The van der Waals surface area contributed by atoms with Gasteiger partial charge in [-0.25, -0.2) is 4.79 Å². The number of likely N-dealkylation sites (N-methyl/N-ethyl adjacent to an activating group) is 1. The van der Waals surface area contributed by atoms with Gasteiger partial charge in [0.15, 0.2) is 6.04 Å². The van der Waals surface area contributed by atoms with Crippen LogP contribution in [0.1, 0.15) is 12.5 Å². The molecule has 5 nitrogen and oxygen atoms in total. The minimum absolute atomic E-state index is 0.340. The number of hydrogen-bond donors (Lipinski definition) is 3. The second kappa shape index (κ2) is 7.16. The number of thioether (sulfide) groups is 1. The van der Waals surface area contributed by atoms with Crippen molar-refractivity contribution in [3.63, 3.8) is 0 Å². The summed E-state index contributed by atoms with van der Waals surface area (Å²) in [6.07, 6.45) is 2.03. The fourth-order valence-electron chi connectivity index (χ4n) is 1.67. The van der Waals surface area contributed by atoms with Crippen molar-refractivity contribution in [3.05, 3.63) is 29.8 Å². The molecule has 104 valence electrons. The van der Waals surface area contributed by atoms with E-state index >= 15 is 0 Å². The first kappa shape index (κ1) is 15.5. The molecule has 2 atom stereocenters. The Labute approximate surface area is 117 Å². The van der Waals surface area contributed by atoms with Crippen LogP contribution in [0.4, 0.5) is 4.79 Å². The van der Waals surface area contributed by atoms with E-state index in [2.05, 4.69) is 17.4 Å². The van der Waals surface area contributed by atoms with Crippen LogP contribution in [0, 0.1) is 0 Å². The van der Waals surface area contributed by atoms with Crippen molar-refractivity contribution >= 4 is 23.7 Å². The molecule has 4 N–H and O–H groups in total. The van der Waals surface area contributed by atoms with E-state index in [0.717, 1.165) is 10.5 Å². The highest BCUT2D eigenvalue weighted by Crippen LogP contribution is 2.14. The van der Waals surface area contributed by atoms with Gasteiger partial charge in [-0.05, 0) is 25.3 Å². The summed E-state index contributed by atoms with van der Waals surface area (Å²) in [6.45, 7) is 2.48. The Kier molecular flexibility index (Phi) is 5.85. The predicted molar refractivity (Wildman–Crippen MR) is 76.0 cm³/mol. The molecule has 0 aliphatic carbocycles. The number of amides is 3. The molecule has 0 spiro atoms. The second-order valence-corrected chi connectivity index (χ2v) is 5.33. The third-order valence-corrected chi connectivity index (χ3v) is 3.76. The van der Waals surface area contributed by atoms with Crippen LogP contribution >= 0.6 is 11.8 Å². The van der Waals surface area contributed by atoms with Crippen LogP contribution in [0.15, 0.2) is 29.2 Å². The zero-order valence-corrected chi connectivity index (χ0v) is 12.2. The fraction of sp³-hybridized carbons (Fsp3) is 0.385. The van der Waals surface area contributed by atoms with Crippen LogP contribution in [-0.2, 0) is 11.3 Å². The number of imide groups is 1. The molecular weight excluding hydrogens is 262 g/mol. The van der Waals surface area contributed by atoms with E-state index < -0.39 is 6.03 Å². The number of nitrogens with one attached hydrogen (secondary N) is 2. The smallest absolute Gasteiger partial charge is 0.319 e. The first-order valence-corrected chi connectivity index (χ1v) is 7.22. The Morgan fingerprint density at radius 1 is 1.37 bits per heavy atom. The summed E-state index contributed by atoms with van der Waals surface area (Å²) in [5, 5.41) is 2.10. The lowest BCUT2D eigenvalue weighted by atomic mass is 10.2. The van der Waals surface area contributed by atoms with Crippen LogP contribution in [0.25, 0.3) is 0 Å². The Morgan fingerprint density at radius 3 is 2.42 bits per heavy atom. The fourth-order valence-corrected chi connectivity index (χ4v) is 2.08. The van der Waals surface area contributed by atoms with Gasteiger partial charge in [-0.2, -0.15) is 0 Å². The molecule has 1 rings (SSSR count). The van der Waals surface area contributed by atoms with Crippen molar-refractivity contribution in [3.8, 4) is 0 Å². The summed E-state index contributed by atoms with van der Waals surface area (Å²) in [6, 6.07) is 7.06. The molecule has 3 amide bonds. The van der Waals surface area contributed by atoms with E-state index in [0.29, 0.717) is 6.54 Å². The standard InChI is InChI=1S/C13H19N3O2S/c1-9(12(17)15-13(14)18)16(2)8-10-4-6-11(19-3)7-5-10/h4-7,9H,8H2,1-3H3,(H3,14,15,17,18)/p+1/t9-/m1/s1. The van der Waals surface area contributed by atoms with E-state index in [1.807, 2.05) is 25.4 Å². The topological polar surface area (TPSA) is 76.6 Å². The maximum Gasteiger partial charge on any atom is 0.319 e. The molecule has 0 fully saturated rings. The zero-order valence-electron chi connectivity index (χ0n) is 11.4. The van der Waals surface area contributed by atoms with Crippen molar-refractivity contribution in [1.29, 1.82) is 0 Å². The summed E-state index contributed by atoms with van der Waals surface area (Å²) in [5.74, 6) is -0.356. The molecule has 0 saturated carbocycles. The number of hydrogen-bond acceptors (Lipinski definition) is 3. The van der Waals surface area contributed by atoms with E-state index in [4.69, 9.17) is 5.73 Å². The predicted octanol–water partition coefficient (Wildman–Crippen LogP) is 0.00660. The van der Waals surface area contributed by atoms with Gasteiger partial charge < -0.3 is 10.6 Å². The van der Waals surface area contributed by atoms with Gasteiger partial charge in [0.05, 0.1) is 7.05 Å². The molecule has 1 aromatic carbocycles. The van der Waals surface area contributed by atoms with E-state index in [-0.39, 0.29) is 11.9 Å². The van der Waals surface area contributed by atoms with Crippen molar-refractivity contribution in [2.75, 3.05) is 13.3 Å². The largest absolute Gasteiger partial charge is 0.351 e. The number of quaternary nitrogens is 1. The van der Waals surface area contributed by atoms with Gasteiger partial charge in [0.2, 0.25) is 0 Å². The minimum atomic E-state index is -0.811. The minimum Gasteiger partial charge on any atom is -0.351 e. The molecule has 0 aromatic heterocycles. The molecule has 0 radical (unpaired) electrons. The average Bonchev–Trinajstić information content (AvgIpc) is 2.37. The Hall–Kier alpha value is -1.53. The summed E-state index contributed by atoms with van der Waals surface area (Å²) >= 11 is 1.69. The molecular formula is C13H20N3O2S+. The molecule has 19 heavy (non-hydrogen) atoms. The number of rotatable bonds is 5.